The van der Waals surface area contributed by atoms with Crippen molar-refractivity contribution in [3.05, 3.63) is 78.6 Å². The Hall–Kier alpha value is -3.54. The molecule has 2 N–H and O–H groups in total. The molecule has 0 saturated heterocycles. The highest BCUT2D eigenvalue weighted by Crippen LogP contribution is 2.33. The van der Waals surface area contributed by atoms with Crippen molar-refractivity contribution in [2.45, 2.75) is 19.9 Å². The molecule has 0 atom stereocenters. The Labute approximate surface area is 164 Å². The van der Waals surface area contributed by atoms with E-state index in [2.05, 4.69) is 50.0 Å². The molecule has 142 valence electrons. The third-order valence-electron chi connectivity index (χ3n) is 4.79. The number of nitrogens with zero attached hydrogens (tertiary/aromatic N) is 3. The van der Waals surface area contributed by atoms with Crippen LogP contribution in [0.15, 0.2) is 67.5 Å². The van der Waals surface area contributed by atoms with Gasteiger partial charge in [-0.3, -0.25) is 0 Å². The van der Waals surface area contributed by atoms with E-state index in [0.29, 0.717) is 0 Å². The van der Waals surface area contributed by atoms with E-state index in [4.69, 9.17) is 4.74 Å². The summed E-state index contributed by atoms with van der Waals surface area (Å²) < 4.78 is 7.52. The molecule has 4 rings (SSSR count). The topological polar surface area (TPSA) is 67.8 Å². The van der Waals surface area contributed by atoms with Gasteiger partial charge in [-0.15, -0.1) is 0 Å². The van der Waals surface area contributed by atoms with Crippen LogP contribution >= 0.6 is 0 Å². The highest BCUT2D eigenvalue weighted by Gasteiger charge is 2.13. The molecule has 0 bridgehead atoms. The fourth-order valence-electron chi connectivity index (χ4n) is 3.41. The largest absolute Gasteiger partial charge is 0.497 e. The Bertz CT molecular complexity index is 1040. The lowest BCUT2D eigenvalue weighted by molar-refractivity contribution is 0.415. The molecule has 28 heavy (non-hydrogen) atoms. The summed E-state index contributed by atoms with van der Waals surface area (Å²) in [7, 11) is 1.68. The van der Waals surface area contributed by atoms with E-state index in [0.717, 1.165) is 41.5 Å². The van der Waals surface area contributed by atoms with Crippen LogP contribution in [-0.2, 0) is 13.0 Å². The van der Waals surface area contributed by atoms with E-state index in [1.54, 1.807) is 19.5 Å². The van der Waals surface area contributed by atoms with Gasteiger partial charge in [-0.1, -0.05) is 19.1 Å². The van der Waals surface area contributed by atoms with Crippen LogP contribution < -0.4 is 10.1 Å². The summed E-state index contributed by atoms with van der Waals surface area (Å²) in [5.41, 5.74) is 5.58. The zero-order chi connectivity index (χ0) is 19.3. The minimum Gasteiger partial charge on any atom is -0.497 e. The standard InChI is InChI=1S/C22H23N5O/c1-3-18-16(14-27-12-11-23-15-27)5-4-6-20(18)26-21-13-17(28-2)7-8-19(21)22-24-9-10-25-22/h4-13,15,26H,3,14H2,1-2H3,(H,24,25). The molecule has 0 aliphatic rings. The van der Waals surface area contributed by atoms with Gasteiger partial charge in [-0.2, -0.15) is 0 Å². The number of benzene rings is 2. The fourth-order valence-corrected chi connectivity index (χ4v) is 3.41. The van der Waals surface area contributed by atoms with Gasteiger partial charge in [0.2, 0.25) is 0 Å². The quantitative estimate of drug-likeness (QED) is 0.495. The first-order valence-corrected chi connectivity index (χ1v) is 9.29. The maximum Gasteiger partial charge on any atom is 0.139 e. The van der Waals surface area contributed by atoms with Crippen molar-refractivity contribution in [3.8, 4) is 17.1 Å². The first-order chi connectivity index (χ1) is 13.8. The molecule has 4 aromatic rings. The molecule has 0 aliphatic carbocycles. The number of imidazole rings is 2. The molecule has 0 radical (unpaired) electrons. The maximum atomic E-state index is 5.43. The average Bonchev–Trinajstić information content (AvgIpc) is 3.42. The van der Waals surface area contributed by atoms with Gasteiger partial charge in [0.1, 0.15) is 11.6 Å². The van der Waals surface area contributed by atoms with Gasteiger partial charge in [0.25, 0.3) is 0 Å². The van der Waals surface area contributed by atoms with Crippen LogP contribution in [-0.4, -0.2) is 26.6 Å². The van der Waals surface area contributed by atoms with Crippen LogP contribution in [0, 0.1) is 0 Å². The first-order valence-electron chi connectivity index (χ1n) is 9.29. The van der Waals surface area contributed by atoms with Crippen molar-refractivity contribution < 1.29 is 4.74 Å². The Balaban J connectivity index is 1.73. The molecule has 6 heteroatoms. The third kappa shape index (κ3) is 3.62. The van der Waals surface area contributed by atoms with E-state index >= 15 is 0 Å². The first kappa shape index (κ1) is 17.9. The molecule has 0 fully saturated rings. The van der Waals surface area contributed by atoms with Gasteiger partial charge in [0.15, 0.2) is 0 Å². The summed E-state index contributed by atoms with van der Waals surface area (Å²) in [6.45, 7) is 2.97. The van der Waals surface area contributed by atoms with Crippen LogP contribution in [0.1, 0.15) is 18.1 Å². The number of aromatic nitrogens is 4. The Morgan fingerprint density at radius 2 is 2.07 bits per heavy atom. The summed E-state index contributed by atoms with van der Waals surface area (Å²) >= 11 is 0. The van der Waals surface area contributed by atoms with Crippen LogP contribution in [0.5, 0.6) is 5.75 Å². The molecule has 0 aliphatic heterocycles. The molecular weight excluding hydrogens is 350 g/mol. The summed E-state index contributed by atoms with van der Waals surface area (Å²) in [4.78, 5) is 11.7. The lowest BCUT2D eigenvalue weighted by Crippen LogP contribution is -2.05. The highest BCUT2D eigenvalue weighted by molar-refractivity contribution is 5.80. The molecular formula is C22H23N5O. The van der Waals surface area contributed by atoms with Crippen molar-refractivity contribution in [1.29, 1.82) is 0 Å². The zero-order valence-electron chi connectivity index (χ0n) is 16.0. The van der Waals surface area contributed by atoms with E-state index in [9.17, 15) is 0 Å². The number of ether oxygens (including phenoxy) is 1. The lowest BCUT2D eigenvalue weighted by atomic mass is 10.0. The summed E-state index contributed by atoms with van der Waals surface area (Å²) in [6.07, 6.45) is 10.1. The number of rotatable bonds is 7. The minimum atomic E-state index is 0.793. The molecule has 0 amide bonds. The van der Waals surface area contributed by atoms with Crippen molar-refractivity contribution in [1.82, 2.24) is 19.5 Å². The fraction of sp³-hybridized carbons (Fsp3) is 0.182. The van der Waals surface area contributed by atoms with Crippen LogP contribution in [0.3, 0.4) is 0 Å². The van der Waals surface area contributed by atoms with E-state index < -0.39 is 0 Å². The number of H-pyrrole nitrogens is 1. The number of methoxy groups -OCH3 is 1. The van der Waals surface area contributed by atoms with Crippen molar-refractivity contribution in [2.75, 3.05) is 12.4 Å². The van der Waals surface area contributed by atoms with Crippen LogP contribution in [0.25, 0.3) is 11.4 Å². The predicted octanol–water partition coefficient (Wildman–Crippen LogP) is 4.64. The number of aromatic amines is 1. The van der Waals surface area contributed by atoms with Crippen molar-refractivity contribution in [2.24, 2.45) is 0 Å². The monoisotopic (exact) mass is 373 g/mol. The number of nitrogens with one attached hydrogen (secondary N) is 2. The number of hydrogen-bond acceptors (Lipinski definition) is 4. The second kappa shape index (κ2) is 8.00. The normalized spacial score (nSPS) is 10.8. The lowest BCUT2D eigenvalue weighted by Gasteiger charge is -2.18. The molecule has 2 aromatic heterocycles. The number of anilines is 2. The SMILES string of the molecule is CCc1c(Cn2ccnc2)cccc1Nc1cc(OC)ccc1-c1ncc[nH]1. The summed E-state index contributed by atoms with van der Waals surface area (Å²) in [5.74, 6) is 1.61. The van der Waals surface area contributed by atoms with Crippen molar-refractivity contribution >= 4 is 11.4 Å². The number of hydrogen-bond donors (Lipinski definition) is 2. The van der Waals surface area contributed by atoms with Gasteiger partial charge < -0.3 is 19.6 Å². The Kier molecular flexibility index (Phi) is 5.10. The van der Waals surface area contributed by atoms with Gasteiger partial charge in [-0.05, 0) is 35.7 Å². The van der Waals surface area contributed by atoms with Gasteiger partial charge >= 0.3 is 0 Å². The van der Waals surface area contributed by atoms with E-state index in [1.165, 1.54) is 11.1 Å². The summed E-state index contributed by atoms with van der Waals surface area (Å²) in [6, 6.07) is 12.3. The van der Waals surface area contributed by atoms with Crippen LogP contribution in [0.4, 0.5) is 11.4 Å². The molecule has 2 heterocycles. The molecule has 2 aromatic carbocycles. The second-order valence-electron chi connectivity index (χ2n) is 6.51. The van der Waals surface area contributed by atoms with E-state index in [-0.39, 0.29) is 0 Å². The Morgan fingerprint density at radius 3 is 2.79 bits per heavy atom. The van der Waals surface area contributed by atoms with Crippen LogP contribution in [0.2, 0.25) is 0 Å². The van der Waals surface area contributed by atoms with Gasteiger partial charge in [0.05, 0.1) is 19.1 Å². The molecule has 6 nitrogen and oxygen atoms in total. The second-order valence-corrected chi connectivity index (χ2v) is 6.51. The highest BCUT2D eigenvalue weighted by atomic mass is 16.5. The molecule has 0 saturated carbocycles. The van der Waals surface area contributed by atoms with Crippen molar-refractivity contribution in [3.63, 3.8) is 0 Å². The predicted molar refractivity (Wildman–Crippen MR) is 111 cm³/mol. The molecule has 0 unspecified atom stereocenters. The van der Waals surface area contributed by atoms with Gasteiger partial charge in [-0.25, -0.2) is 9.97 Å². The minimum absolute atomic E-state index is 0.793. The molecule has 0 spiro atoms. The summed E-state index contributed by atoms with van der Waals surface area (Å²) in [5, 5.41) is 3.61. The van der Waals surface area contributed by atoms with E-state index in [1.807, 2.05) is 36.9 Å². The maximum absolute atomic E-state index is 5.43. The Morgan fingerprint density at radius 1 is 1.14 bits per heavy atom. The smallest absolute Gasteiger partial charge is 0.139 e. The third-order valence-corrected chi connectivity index (χ3v) is 4.79. The van der Waals surface area contributed by atoms with Gasteiger partial charge in [0, 0.05) is 48.6 Å². The zero-order valence-corrected chi connectivity index (χ0v) is 16.0. The average molecular weight is 373 g/mol.